The van der Waals surface area contributed by atoms with Crippen LogP contribution in [0.1, 0.15) is 36.5 Å². The topological polar surface area (TPSA) is 32.3 Å². The van der Waals surface area contributed by atoms with Crippen molar-refractivity contribution in [3.05, 3.63) is 63.6 Å². The Morgan fingerprint density at radius 2 is 1.75 bits per heavy atom. The predicted molar refractivity (Wildman–Crippen MR) is 86.9 cm³/mol. The van der Waals surface area contributed by atoms with Crippen LogP contribution in [0.3, 0.4) is 0 Å². The van der Waals surface area contributed by atoms with Crippen molar-refractivity contribution in [1.29, 1.82) is 0 Å². The van der Waals surface area contributed by atoms with Crippen LogP contribution in [0.15, 0.2) is 46.9 Å². The number of rotatable bonds is 5. The zero-order chi connectivity index (χ0) is 14.5. The van der Waals surface area contributed by atoms with E-state index in [-0.39, 0.29) is 0 Å². The van der Waals surface area contributed by atoms with Gasteiger partial charge in [-0.2, -0.15) is 0 Å². The summed E-state index contributed by atoms with van der Waals surface area (Å²) in [6.07, 6.45) is 0. The molecular formula is C17H20BrNO. The van der Waals surface area contributed by atoms with Crippen molar-refractivity contribution in [3.8, 4) is 5.75 Å². The minimum absolute atomic E-state index is 0.315. The Morgan fingerprint density at radius 3 is 2.40 bits per heavy atom. The van der Waals surface area contributed by atoms with Gasteiger partial charge in [0.1, 0.15) is 5.75 Å². The molecule has 0 aromatic heterocycles. The molecule has 0 unspecified atom stereocenters. The SMILES string of the molecule is CC(C)c1ccc(CNCc2cccc(Br)c2O)cc1. The highest BCUT2D eigenvalue weighted by Gasteiger charge is 2.04. The number of halogens is 1. The molecule has 0 saturated carbocycles. The quantitative estimate of drug-likeness (QED) is 0.840. The normalized spacial score (nSPS) is 11.0. The van der Waals surface area contributed by atoms with Gasteiger partial charge in [-0.3, -0.25) is 0 Å². The third-order valence-electron chi connectivity index (χ3n) is 3.36. The molecule has 0 aliphatic heterocycles. The van der Waals surface area contributed by atoms with Crippen LogP contribution >= 0.6 is 15.9 Å². The number of hydrogen-bond acceptors (Lipinski definition) is 2. The lowest BCUT2D eigenvalue weighted by Crippen LogP contribution is -2.12. The minimum Gasteiger partial charge on any atom is -0.506 e. The monoisotopic (exact) mass is 333 g/mol. The van der Waals surface area contributed by atoms with Gasteiger partial charge in [-0.15, -0.1) is 0 Å². The molecule has 20 heavy (non-hydrogen) atoms. The first-order valence-corrected chi connectivity index (χ1v) is 7.63. The maximum atomic E-state index is 9.91. The molecule has 0 aliphatic carbocycles. The zero-order valence-corrected chi connectivity index (χ0v) is 13.4. The molecule has 0 saturated heterocycles. The Morgan fingerprint density at radius 1 is 1.05 bits per heavy atom. The lowest BCUT2D eigenvalue weighted by Gasteiger charge is -2.09. The largest absolute Gasteiger partial charge is 0.506 e. The molecule has 0 amide bonds. The van der Waals surface area contributed by atoms with E-state index in [2.05, 4.69) is 59.4 Å². The van der Waals surface area contributed by atoms with Gasteiger partial charge in [-0.05, 0) is 39.0 Å². The van der Waals surface area contributed by atoms with E-state index in [0.717, 1.165) is 16.6 Å². The van der Waals surface area contributed by atoms with Crippen molar-refractivity contribution in [2.24, 2.45) is 0 Å². The highest BCUT2D eigenvalue weighted by Crippen LogP contribution is 2.27. The van der Waals surface area contributed by atoms with Crippen LogP contribution in [0.25, 0.3) is 0 Å². The van der Waals surface area contributed by atoms with Crippen LogP contribution in [0.2, 0.25) is 0 Å². The minimum atomic E-state index is 0.315. The summed E-state index contributed by atoms with van der Waals surface area (Å²) in [6.45, 7) is 5.84. The van der Waals surface area contributed by atoms with Gasteiger partial charge in [-0.1, -0.05) is 50.2 Å². The molecule has 0 radical (unpaired) electrons. The van der Waals surface area contributed by atoms with E-state index in [1.165, 1.54) is 11.1 Å². The maximum absolute atomic E-state index is 9.91. The first-order chi connectivity index (χ1) is 9.58. The molecule has 0 fully saturated rings. The molecule has 0 bridgehead atoms. The molecule has 0 atom stereocenters. The first-order valence-electron chi connectivity index (χ1n) is 6.84. The lowest BCUT2D eigenvalue weighted by atomic mass is 10.0. The molecule has 3 heteroatoms. The second kappa shape index (κ2) is 6.91. The van der Waals surface area contributed by atoms with Gasteiger partial charge in [0.25, 0.3) is 0 Å². The summed E-state index contributed by atoms with van der Waals surface area (Å²) in [5.74, 6) is 0.880. The molecule has 2 aromatic carbocycles. The van der Waals surface area contributed by atoms with Crippen LogP contribution in [0.4, 0.5) is 0 Å². The number of para-hydroxylation sites is 1. The summed E-state index contributed by atoms with van der Waals surface area (Å²) in [4.78, 5) is 0. The van der Waals surface area contributed by atoms with Crippen molar-refractivity contribution < 1.29 is 5.11 Å². The van der Waals surface area contributed by atoms with Crippen molar-refractivity contribution in [1.82, 2.24) is 5.32 Å². The number of hydrogen-bond donors (Lipinski definition) is 2. The van der Waals surface area contributed by atoms with Crippen LogP contribution in [-0.2, 0) is 13.1 Å². The number of phenolic OH excluding ortho intramolecular Hbond substituents is 1. The van der Waals surface area contributed by atoms with Crippen LogP contribution in [0, 0.1) is 0 Å². The molecule has 106 valence electrons. The zero-order valence-electron chi connectivity index (χ0n) is 11.9. The average Bonchev–Trinajstić information content (AvgIpc) is 2.44. The van der Waals surface area contributed by atoms with Crippen LogP contribution in [-0.4, -0.2) is 5.11 Å². The standard InChI is InChI=1S/C17H20BrNO/c1-12(2)14-8-6-13(7-9-14)10-19-11-15-4-3-5-16(18)17(15)20/h3-9,12,19-20H,10-11H2,1-2H3. The highest BCUT2D eigenvalue weighted by atomic mass is 79.9. The molecule has 2 nitrogen and oxygen atoms in total. The molecular weight excluding hydrogens is 314 g/mol. The van der Waals surface area contributed by atoms with E-state index in [0.29, 0.717) is 18.2 Å². The number of phenols is 1. The Bertz CT molecular complexity index is 564. The number of aromatic hydroxyl groups is 1. The molecule has 0 heterocycles. The smallest absolute Gasteiger partial charge is 0.134 e. The molecule has 0 spiro atoms. The van der Waals surface area contributed by atoms with E-state index in [1.54, 1.807) is 0 Å². The van der Waals surface area contributed by atoms with Gasteiger partial charge in [0, 0.05) is 18.7 Å². The van der Waals surface area contributed by atoms with Crippen LogP contribution in [0.5, 0.6) is 5.75 Å². The fraction of sp³-hybridized carbons (Fsp3) is 0.294. The van der Waals surface area contributed by atoms with E-state index < -0.39 is 0 Å². The molecule has 2 N–H and O–H groups in total. The Kier molecular flexibility index (Phi) is 5.21. The van der Waals surface area contributed by atoms with Gasteiger partial charge < -0.3 is 10.4 Å². The lowest BCUT2D eigenvalue weighted by molar-refractivity contribution is 0.461. The van der Waals surface area contributed by atoms with E-state index in [4.69, 9.17) is 0 Å². The summed E-state index contributed by atoms with van der Waals surface area (Å²) in [7, 11) is 0. The van der Waals surface area contributed by atoms with Gasteiger partial charge in [0.2, 0.25) is 0 Å². The first kappa shape index (κ1) is 15.1. The summed E-state index contributed by atoms with van der Waals surface area (Å²) in [5, 5.41) is 13.3. The highest BCUT2D eigenvalue weighted by molar-refractivity contribution is 9.10. The summed E-state index contributed by atoms with van der Waals surface area (Å²) in [6, 6.07) is 14.4. The predicted octanol–water partition coefficient (Wildman–Crippen LogP) is 4.57. The summed E-state index contributed by atoms with van der Waals surface area (Å²) >= 11 is 3.33. The fourth-order valence-corrected chi connectivity index (χ4v) is 2.47. The van der Waals surface area contributed by atoms with Crippen molar-refractivity contribution >= 4 is 15.9 Å². The number of benzene rings is 2. The Balaban J connectivity index is 1.91. The van der Waals surface area contributed by atoms with E-state index >= 15 is 0 Å². The summed E-state index contributed by atoms with van der Waals surface area (Å²) < 4.78 is 0.734. The summed E-state index contributed by atoms with van der Waals surface area (Å²) in [5.41, 5.74) is 3.51. The van der Waals surface area contributed by atoms with Gasteiger partial charge in [0.15, 0.2) is 0 Å². The van der Waals surface area contributed by atoms with Crippen LogP contribution < -0.4 is 5.32 Å². The molecule has 2 rings (SSSR count). The van der Waals surface area contributed by atoms with Crippen molar-refractivity contribution in [3.63, 3.8) is 0 Å². The molecule has 0 aliphatic rings. The van der Waals surface area contributed by atoms with Gasteiger partial charge in [-0.25, -0.2) is 0 Å². The Labute approximate surface area is 129 Å². The fourth-order valence-electron chi connectivity index (χ4n) is 2.06. The third-order valence-corrected chi connectivity index (χ3v) is 4.00. The maximum Gasteiger partial charge on any atom is 0.134 e. The Hall–Kier alpha value is -1.32. The molecule has 2 aromatic rings. The second-order valence-corrected chi connectivity index (χ2v) is 6.10. The van der Waals surface area contributed by atoms with Crippen molar-refractivity contribution in [2.45, 2.75) is 32.9 Å². The third kappa shape index (κ3) is 3.84. The van der Waals surface area contributed by atoms with Crippen molar-refractivity contribution in [2.75, 3.05) is 0 Å². The van der Waals surface area contributed by atoms with Gasteiger partial charge in [0.05, 0.1) is 4.47 Å². The van der Waals surface area contributed by atoms with E-state index in [1.807, 2.05) is 18.2 Å². The second-order valence-electron chi connectivity index (χ2n) is 5.25. The van der Waals surface area contributed by atoms with E-state index in [9.17, 15) is 5.11 Å². The van der Waals surface area contributed by atoms with Gasteiger partial charge >= 0.3 is 0 Å². The average molecular weight is 334 g/mol. The number of nitrogens with one attached hydrogen (secondary N) is 1.